The molecule has 0 saturated heterocycles. The van der Waals surface area contributed by atoms with Gasteiger partial charge in [0.25, 0.3) is 5.91 Å². The molecule has 180 valence electrons. The molecule has 0 aliphatic carbocycles. The molecule has 0 spiro atoms. The lowest BCUT2D eigenvalue weighted by molar-refractivity contribution is -0.136. The molecule has 0 radical (unpaired) electrons. The minimum absolute atomic E-state index is 0.119. The lowest BCUT2D eigenvalue weighted by Crippen LogP contribution is -2.32. The summed E-state index contributed by atoms with van der Waals surface area (Å²) in [6.45, 7) is -0.227. The van der Waals surface area contributed by atoms with Gasteiger partial charge in [-0.15, -0.1) is 0 Å². The molecule has 0 heterocycles. The van der Waals surface area contributed by atoms with Crippen LogP contribution in [0.4, 0.5) is 11.4 Å². The molecule has 0 atom stereocenters. The SMILES string of the molecule is O=C(COc1ccc(/C=N\NC(=O)C(=O)Nc2cccc(Cl)c2Cl)cc1)Nc1ccc(Cl)c(Cl)c1. The van der Waals surface area contributed by atoms with Crippen LogP contribution in [0.3, 0.4) is 0 Å². The van der Waals surface area contributed by atoms with Crippen molar-refractivity contribution in [1.29, 1.82) is 0 Å². The smallest absolute Gasteiger partial charge is 0.329 e. The van der Waals surface area contributed by atoms with Crippen LogP contribution in [0.5, 0.6) is 5.75 Å². The minimum Gasteiger partial charge on any atom is -0.484 e. The number of rotatable bonds is 7. The Labute approximate surface area is 220 Å². The summed E-state index contributed by atoms with van der Waals surface area (Å²) in [5, 5.41) is 9.80. The fourth-order valence-corrected chi connectivity index (χ4v) is 3.21. The van der Waals surface area contributed by atoms with Crippen molar-refractivity contribution >= 4 is 81.7 Å². The predicted octanol–water partition coefficient (Wildman–Crippen LogP) is 5.41. The van der Waals surface area contributed by atoms with E-state index in [0.717, 1.165) is 0 Å². The maximum absolute atomic E-state index is 12.0. The van der Waals surface area contributed by atoms with Crippen molar-refractivity contribution in [1.82, 2.24) is 5.43 Å². The molecule has 3 amide bonds. The van der Waals surface area contributed by atoms with Crippen LogP contribution < -0.4 is 20.8 Å². The zero-order valence-electron chi connectivity index (χ0n) is 17.7. The summed E-state index contributed by atoms with van der Waals surface area (Å²) in [7, 11) is 0. The Balaban J connectivity index is 1.45. The Bertz CT molecular complexity index is 1280. The van der Waals surface area contributed by atoms with Crippen LogP contribution in [0.15, 0.2) is 65.8 Å². The quantitative estimate of drug-likeness (QED) is 0.206. The molecule has 0 aliphatic heterocycles. The molecule has 3 rings (SSSR count). The Morgan fingerprint density at radius 2 is 1.57 bits per heavy atom. The number of benzene rings is 3. The fourth-order valence-electron chi connectivity index (χ4n) is 2.57. The first-order valence-electron chi connectivity index (χ1n) is 9.79. The average molecular weight is 554 g/mol. The molecule has 3 aromatic rings. The molecular weight excluding hydrogens is 538 g/mol. The van der Waals surface area contributed by atoms with E-state index in [4.69, 9.17) is 51.1 Å². The average Bonchev–Trinajstić information content (AvgIpc) is 2.83. The molecule has 12 heteroatoms. The summed E-state index contributed by atoms with van der Waals surface area (Å²) < 4.78 is 5.44. The molecule has 0 aromatic heterocycles. The van der Waals surface area contributed by atoms with Gasteiger partial charge in [-0.05, 0) is 60.2 Å². The number of hydrogen-bond donors (Lipinski definition) is 3. The number of halogens is 4. The maximum atomic E-state index is 12.0. The topological polar surface area (TPSA) is 109 Å². The zero-order valence-corrected chi connectivity index (χ0v) is 20.7. The molecule has 8 nitrogen and oxygen atoms in total. The van der Waals surface area contributed by atoms with Crippen LogP contribution >= 0.6 is 46.4 Å². The van der Waals surface area contributed by atoms with Crippen LogP contribution in [0.1, 0.15) is 5.56 Å². The number of nitrogens with one attached hydrogen (secondary N) is 3. The van der Waals surface area contributed by atoms with Gasteiger partial charge in [0.05, 0.1) is 32.0 Å². The van der Waals surface area contributed by atoms with Crippen LogP contribution in [-0.4, -0.2) is 30.5 Å². The van der Waals surface area contributed by atoms with E-state index in [1.165, 1.54) is 18.3 Å². The highest BCUT2D eigenvalue weighted by Gasteiger charge is 2.15. The Hall–Kier alpha value is -3.30. The first-order valence-corrected chi connectivity index (χ1v) is 11.3. The van der Waals surface area contributed by atoms with E-state index in [1.54, 1.807) is 48.5 Å². The van der Waals surface area contributed by atoms with E-state index in [0.29, 0.717) is 27.0 Å². The lowest BCUT2D eigenvalue weighted by atomic mass is 10.2. The summed E-state index contributed by atoms with van der Waals surface area (Å²) in [6, 6.07) is 15.9. The fraction of sp³-hybridized carbons (Fsp3) is 0.0435. The summed E-state index contributed by atoms with van der Waals surface area (Å²) in [5.74, 6) is -1.90. The number of carbonyl (C=O) groups is 3. The largest absolute Gasteiger partial charge is 0.484 e. The molecular formula is C23H16Cl4N4O4. The number of hydrogen-bond acceptors (Lipinski definition) is 5. The zero-order chi connectivity index (χ0) is 25.4. The molecule has 0 unspecified atom stereocenters. The molecule has 0 aliphatic rings. The van der Waals surface area contributed by atoms with Crippen LogP contribution in [0.2, 0.25) is 20.1 Å². The highest BCUT2D eigenvalue weighted by molar-refractivity contribution is 6.45. The van der Waals surface area contributed by atoms with E-state index in [2.05, 4.69) is 21.2 Å². The number of ether oxygens (including phenoxy) is 1. The first kappa shape index (κ1) is 26.3. The minimum atomic E-state index is -0.995. The standard InChI is InChI=1S/C23H16Cl4N4O4/c24-16-9-6-14(10-18(16)26)29-20(32)12-35-15-7-4-13(5-8-15)11-28-31-23(34)22(33)30-19-3-1-2-17(25)21(19)27/h1-11H,12H2,(H,29,32)(H,30,33)(H,31,34)/b28-11-. The molecule has 3 aromatic carbocycles. The molecule has 35 heavy (non-hydrogen) atoms. The first-order chi connectivity index (χ1) is 16.7. The van der Waals surface area contributed by atoms with Crippen LogP contribution in [-0.2, 0) is 14.4 Å². The third kappa shape index (κ3) is 7.87. The van der Waals surface area contributed by atoms with Crippen molar-refractivity contribution in [2.24, 2.45) is 5.10 Å². The van der Waals surface area contributed by atoms with Gasteiger partial charge >= 0.3 is 11.8 Å². The Morgan fingerprint density at radius 3 is 2.29 bits per heavy atom. The number of nitrogens with zero attached hydrogens (tertiary/aromatic N) is 1. The van der Waals surface area contributed by atoms with Gasteiger partial charge < -0.3 is 15.4 Å². The van der Waals surface area contributed by atoms with Crippen molar-refractivity contribution in [3.8, 4) is 5.75 Å². The lowest BCUT2D eigenvalue weighted by Gasteiger charge is -2.08. The molecule has 0 fully saturated rings. The van der Waals surface area contributed by atoms with Gasteiger partial charge in [-0.3, -0.25) is 14.4 Å². The number of anilines is 2. The second-order valence-electron chi connectivity index (χ2n) is 6.79. The Morgan fingerprint density at radius 1 is 0.829 bits per heavy atom. The predicted molar refractivity (Wildman–Crippen MR) is 138 cm³/mol. The summed E-state index contributed by atoms with van der Waals surface area (Å²) in [5.41, 5.74) is 3.41. The summed E-state index contributed by atoms with van der Waals surface area (Å²) in [4.78, 5) is 35.9. The highest BCUT2D eigenvalue weighted by Crippen LogP contribution is 2.29. The number of hydrazone groups is 1. The molecule has 3 N–H and O–H groups in total. The monoisotopic (exact) mass is 552 g/mol. The van der Waals surface area contributed by atoms with Crippen molar-refractivity contribution in [3.63, 3.8) is 0 Å². The number of amides is 3. The molecule has 0 bridgehead atoms. The number of carbonyl (C=O) groups excluding carboxylic acids is 3. The maximum Gasteiger partial charge on any atom is 0.329 e. The molecule has 0 saturated carbocycles. The van der Waals surface area contributed by atoms with Crippen molar-refractivity contribution < 1.29 is 19.1 Å². The van der Waals surface area contributed by atoms with Gasteiger partial charge in [0.1, 0.15) is 5.75 Å². The third-order valence-electron chi connectivity index (χ3n) is 4.24. The van der Waals surface area contributed by atoms with Gasteiger partial charge in [0.15, 0.2) is 6.61 Å². The van der Waals surface area contributed by atoms with Crippen molar-refractivity contribution in [3.05, 3.63) is 86.3 Å². The van der Waals surface area contributed by atoms with Crippen molar-refractivity contribution in [2.45, 2.75) is 0 Å². The van der Waals surface area contributed by atoms with E-state index < -0.39 is 11.8 Å². The van der Waals surface area contributed by atoms with Crippen molar-refractivity contribution in [2.75, 3.05) is 17.2 Å². The summed E-state index contributed by atoms with van der Waals surface area (Å²) in [6.07, 6.45) is 1.33. The summed E-state index contributed by atoms with van der Waals surface area (Å²) >= 11 is 23.6. The second-order valence-corrected chi connectivity index (χ2v) is 8.39. The van der Waals surface area contributed by atoms with Gasteiger partial charge in [-0.1, -0.05) is 52.5 Å². The van der Waals surface area contributed by atoms with Gasteiger partial charge in [0.2, 0.25) is 0 Å². The van der Waals surface area contributed by atoms with E-state index in [1.807, 2.05) is 0 Å². The highest BCUT2D eigenvalue weighted by atomic mass is 35.5. The third-order valence-corrected chi connectivity index (χ3v) is 5.80. The van der Waals surface area contributed by atoms with E-state index >= 15 is 0 Å². The van der Waals surface area contributed by atoms with E-state index in [-0.39, 0.29) is 28.2 Å². The van der Waals surface area contributed by atoms with Crippen LogP contribution in [0.25, 0.3) is 0 Å². The van der Waals surface area contributed by atoms with Crippen LogP contribution in [0, 0.1) is 0 Å². The van der Waals surface area contributed by atoms with Gasteiger partial charge in [-0.25, -0.2) is 5.43 Å². The second kappa shape index (κ2) is 12.4. The van der Waals surface area contributed by atoms with E-state index in [9.17, 15) is 14.4 Å². The normalized spacial score (nSPS) is 10.6. The Kier molecular flexibility index (Phi) is 9.33. The van der Waals surface area contributed by atoms with Gasteiger partial charge in [0, 0.05) is 5.69 Å². The van der Waals surface area contributed by atoms with Gasteiger partial charge in [-0.2, -0.15) is 5.10 Å².